The first-order valence-electron chi connectivity index (χ1n) is 8.80. The lowest BCUT2D eigenvalue weighted by atomic mass is 9.95. The van der Waals surface area contributed by atoms with Gasteiger partial charge < -0.3 is 15.5 Å². The summed E-state index contributed by atoms with van der Waals surface area (Å²) in [5, 5.41) is 5.64. The average molecular weight is 345 g/mol. The molecule has 3 amide bonds. The van der Waals surface area contributed by atoms with Crippen molar-refractivity contribution < 1.29 is 14.4 Å². The molecule has 1 aliphatic heterocycles. The number of hydrogen-bond acceptors (Lipinski definition) is 3. The van der Waals surface area contributed by atoms with Crippen LogP contribution in [0, 0.1) is 11.8 Å². The second-order valence-corrected chi connectivity index (χ2v) is 6.90. The molecule has 0 bridgehead atoms. The van der Waals surface area contributed by atoms with Crippen molar-refractivity contribution in [3.63, 3.8) is 0 Å². The summed E-state index contributed by atoms with van der Waals surface area (Å²) in [4.78, 5) is 38.4. The minimum Gasteiger partial charge on any atom is -0.344 e. The second kappa shape index (κ2) is 8.65. The highest BCUT2D eigenvalue weighted by molar-refractivity contribution is 5.93. The quantitative estimate of drug-likeness (QED) is 0.857. The van der Waals surface area contributed by atoms with E-state index in [0.29, 0.717) is 13.1 Å². The number of benzene rings is 1. The normalized spacial score (nSPS) is 18.6. The molecule has 2 rings (SSSR count). The van der Waals surface area contributed by atoms with Gasteiger partial charge in [0.15, 0.2) is 0 Å². The number of anilines is 1. The summed E-state index contributed by atoms with van der Waals surface area (Å²) >= 11 is 0. The first kappa shape index (κ1) is 19.0. The van der Waals surface area contributed by atoms with Crippen molar-refractivity contribution in [3.8, 4) is 0 Å². The molecule has 0 saturated carbocycles. The van der Waals surface area contributed by atoms with Crippen LogP contribution < -0.4 is 10.6 Å². The van der Waals surface area contributed by atoms with E-state index in [-0.39, 0.29) is 29.6 Å². The molecule has 1 heterocycles. The number of nitrogens with one attached hydrogen (secondary N) is 2. The van der Waals surface area contributed by atoms with Crippen LogP contribution in [0.2, 0.25) is 0 Å². The van der Waals surface area contributed by atoms with Crippen LogP contribution >= 0.6 is 0 Å². The third-order valence-corrected chi connectivity index (χ3v) is 4.44. The number of carbonyl (C=O) groups is 3. The lowest BCUT2D eigenvalue weighted by Gasteiger charge is -2.35. The number of carbonyl (C=O) groups excluding carboxylic acids is 3. The lowest BCUT2D eigenvalue weighted by molar-refractivity contribution is -0.140. The van der Waals surface area contributed by atoms with Crippen molar-refractivity contribution >= 4 is 23.4 Å². The minimum absolute atomic E-state index is 0.00470. The lowest BCUT2D eigenvalue weighted by Crippen LogP contribution is -2.54. The topological polar surface area (TPSA) is 78.5 Å². The standard InChI is InChI=1S/C19H27N3O3/c1-13(2)17(20-14(3)23)19(25)22-11-7-8-15(12-22)18(24)21-16-9-5-4-6-10-16/h4-6,9-10,13,15,17H,7-8,11-12H2,1-3H3,(H,20,23)(H,21,24). The Balaban J connectivity index is 2.00. The predicted molar refractivity (Wildman–Crippen MR) is 96.8 cm³/mol. The summed E-state index contributed by atoms with van der Waals surface area (Å²) in [6.07, 6.45) is 1.54. The maximum absolute atomic E-state index is 12.8. The van der Waals surface area contributed by atoms with Crippen LogP contribution in [0.1, 0.15) is 33.6 Å². The molecule has 2 unspecified atom stereocenters. The van der Waals surface area contributed by atoms with E-state index in [0.717, 1.165) is 18.5 Å². The monoisotopic (exact) mass is 345 g/mol. The van der Waals surface area contributed by atoms with Gasteiger partial charge in [0.25, 0.3) is 0 Å². The molecular weight excluding hydrogens is 318 g/mol. The molecule has 1 aromatic carbocycles. The van der Waals surface area contributed by atoms with Crippen LogP contribution in [-0.2, 0) is 14.4 Å². The van der Waals surface area contributed by atoms with Gasteiger partial charge in [0.05, 0.1) is 5.92 Å². The van der Waals surface area contributed by atoms with Crippen LogP contribution in [0.3, 0.4) is 0 Å². The molecule has 0 radical (unpaired) electrons. The van der Waals surface area contributed by atoms with Crippen molar-refractivity contribution in [2.24, 2.45) is 11.8 Å². The molecule has 1 fully saturated rings. The van der Waals surface area contributed by atoms with E-state index in [1.165, 1.54) is 6.92 Å². The van der Waals surface area contributed by atoms with Crippen molar-refractivity contribution in [3.05, 3.63) is 30.3 Å². The number of nitrogens with zero attached hydrogens (tertiary/aromatic N) is 1. The summed E-state index contributed by atoms with van der Waals surface area (Å²) < 4.78 is 0. The van der Waals surface area contributed by atoms with Crippen LogP contribution in [0.4, 0.5) is 5.69 Å². The summed E-state index contributed by atoms with van der Waals surface area (Å²) in [5.41, 5.74) is 0.759. The number of likely N-dealkylation sites (tertiary alicyclic amines) is 1. The Hall–Kier alpha value is -2.37. The highest BCUT2D eigenvalue weighted by Gasteiger charge is 2.33. The number of amides is 3. The van der Waals surface area contributed by atoms with E-state index in [1.807, 2.05) is 44.2 Å². The molecule has 25 heavy (non-hydrogen) atoms. The number of para-hydroxylation sites is 1. The average Bonchev–Trinajstić information content (AvgIpc) is 2.59. The second-order valence-electron chi connectivity index (χ2n) is 6.90. The SMILES string of the molecule is CC(=O)NC(C(=O)N1CCCC(C(=O)Nc2ccccc2)C1)C(C)C. The maximum atomic E-state index is 12.8. The Labute approximate surface area is 149 Å². The van der Waals surface area contributed by atoms with E-state index >= 15 is 0 Å². The number of piperidine rings is 1. The molecule has 6 nitrogen and oxygen atoms in total. The summed E-state index contributed by atoms with van der Waals surface area (Å²) in [5.74, 6) is -0.632. The van der Waals surface area contributed by atoms with Gasteiger partial charge in [0, 0.05) is 25.7 Å². The Morgan fingerprint density at radius 1 is 1.16 bits per heavy atom. The zero-order valence-corrected chi connectivity index (χ0v) is 15.1. The molecular formula is C19H27N3O3. The van der Waals surface area contributed by atoms with Gasteiger partial charge in [-0.05, 0) is 30.9 Å². The zero-order valence-electron chi connectivity index (χ0n) is 15.1. The van der Waals surface area contributed by atoms with Crippen LogP contribution in [0.25, 0.3) is 0 Å². The van der Waals surface area contributed by atoms with Crippen molar-refractivity contribution in [2.45, 2.75) is 39.7 Å². The van der Waals surface area contributed by atoms with E-state index in [1.54, 1.807) is 4.90 Å². The minimum atomic E-state index is -0.548. The van der Waals surface area contributed by atoms with E-state index < -0.39 is 6.04 Å². The van der Waals surface area contributed by atoms with Crippen molar-refractivity contribution in [2.75, 3.05) is 18.4 Å². The van der Waals surface area contributed by atoms with Crippen LogP contribution in [0.5, 0.6) is 0 Å². The highest BCUT2D eigenvalue weighted by atomic mass is 16.2. The molecule has 2 N–H and O–H groups in total. The highest BCUT2D eigenvalue weighted by Crippen LogP contribution is 2.20. The maximum Gasteiger partial charge on any atom is 0.245 e. The molecule has 1 aliphatic rings. The van der Waals surface area contributed by atoms with Gasteiger partial charge in [0.1, 0.15) is 6.04 Å². The fraction of sp³-hybridized carbons (Fsp3) is 0.526. The molecule has 6 heteroatoms. The Kier molecular flexibility index (Phi) is 6.56. The van der Waals surface area contributed by atoms with Gasteiger partial charge in [0.2, 0.25) is 17.7 Å². The summed E-state index contributed by atoms with van der Waals surface area (Å²) in [6, 6.07) is 8.77. The fourth-order valence-electron chi connectivity index (χ4n) is 3.09. The first-order chi connectivity index (χ1) is 11.9. The predicted octanol–water partition coefficient (Wildman–Crippen LogP) is 2.02. The Bertz CT molecular complexity index is 616. The van der Waals surface area contributed by atoms with Gasteiger partial charge in [-0.25, -0.2) is 0 Å². The molecule has 0 spiro atoms. The van der Waals surface area contributed by atoms with Gasteiger partial charge in [-0.3, -0.25) is 14.4 Å². The molecule has 1 aromatic rings. The van der Waals surface area contributed by atoms with Crippen LogP contribution in [0.15, 0.2) is 30.3 Å². The molecule has 136 valence electrons. The Morgan fingerprint density at radius 3 is 2.44 bits per heavy atom. The Morgan fingerprint density at radius 2 is 1.84 bits per heavy atom. The van der Waals surface area contributed by atoms with Gasteiger partial charge in [-0.2, -0.15) is 0 Å². The van der Waals surface area contributed by atoms with Crippen molar-refractivity contribution in [1.29, 1.82) is 0 Å². The number of hydrogen-bond donors (Lipinski definition) is 2. The molecule has 0 aromatic heterocycles. The fourth-order valence-corrected chi connectivity index (χ4v) is 3.09. The van der Waals surface area contributed by atoms with E-state index in [9.17, 15) is 14.4 Å². The summed E-state index contributed by atoms with van der Waals surface area (Å²) in [7, 11) is 0. The number of rotatable bonds is 5. The largest absolute Gasteiger partial charge is 0.344 e. The van der Waals surface area contributed by atoms with Gasteiger partial charge >= 0.3 is 0 Å². The molecule has 2 atom stereocenters. The van der Waals surface area contributed by atoms with Gasteiger partial charge in [-0.15, -0.1) is 0 Å². The third kappa shape index (κ3) is 5.31. The van der Waals surface area contributed by atoms with Crippen LogP contribution in [-0.4, -0.2) is 41.8 Å². The molecule has 1 saturated heterocycles. The van der Waals surface area contributed by atoms with E-state index in [2.05, 4.69) is 10.6 Å². The third-order valence-electron chi connectivity index (χ3n) is 4.44. The first-order valence-corrected chi connectivity index (χ1v) is 8.80. The zero-order chi connectivity index (χ0) is 18.4. The summed E-state index contributed by atoms with van der Waals surface area (Å²) in [6.45, 7) is 6.23. The smallest absolute Gasteiger partial charge is 0.245 e. The van der Waals surface area contributed by atoms with E-state index in [4.69, 9.17) is 0 Å². The molecule has 0 aliphatic carbocycles. The van der Waals surface area contributed by atoms with Crippen molar-refractivity contribution in [1.82, 2.24) is 10.2 Å². The van der Waals surface area contributed by atoms with Gasteiger partial charge in [-0.1, -0.05) is 32.0 Å².